The Balaban J connectivity index is 1.50. The number of rotatable bonds is 3. The first-order valence-electron chi connectivity index (χ1n) is 7.62. The highest BCUT2D eigenvalue weighted by Crippen LogP contribution is 2.28. The van der Waals surface area contributed by atoms with Crippen LogP contribution in [0.4, 0.5) is 0 Å². The van der Waals surface area contributed by atoms with Crippen LogP contribution in [-0.2, 0) is 13.5 Å². The summed E-state index contributed by atoms with van der Waals surface area (Å²) in [5.41, 5.74) is 2.61. The number of para-hydroxylation sites is 1. The van der Waals surface area contributed by atoms with Crippen LogP contribution in [0.2, 0.25) is 0 Å². The Morgan fingerprint density at radius 3 is 3.04 bits per heavy atom. The number of aryl methyl sites for hydroxylation is 1. The highest BCUT2D eigenvalue weighted by atomic mass is 16.5. The SMILES string of the molecule is CN(C[C@H]1Cc2ccccc2O1)C(=O)c1cnn2ccn(C)c12. The number of carbonyl (C=O) groups is 1. The molecule has 0 bridgehead atoms. The number of carbonyl (C=O) groups excluding carboxylic acids is 1. The summed E-state index contributed by atoms with van der Waals surface area (Å²) in [5, 5.41) is 4.22. The fourth-order valence-corrected chi connectivity index (χ4v) is 3.15. The average Bonchev–Trinajstić information content (AvgIpc) is 3.22. The number of ether oxygens (including phenoxy) is 1. The highest BCUT2D eigenvalue weighted by molar-refractivity contribution is 5.99. The van der Waals surface area contributed by atoms with E-state index in [-0.39, 0.29) is 12.0 Å². The molecule has 3 aromatic rings. The van der Waals surface area contributed by atoms with Crippen molar-refractivity contribution in [3.8, 4) is 5.75 Å². The van der Waals surface area contributed by atoms with Gasteiger partial charge in [-0.15, -0.1) is 0 Å². The van der Waals surface area contributed by atoms with Crippen LogP contribution in [0.25, 0.3) is 5.65 Å². The van der Waals surface area contributed by atoms with E-state index in [0.717, 1.165) is 17.8 Å². The Hall–Kier alpha value is -2.76. The molecule has 0 radical (unpaired) electrons. The lowest BCUT2D eigenvalue weighted by molar-refractivity contribution is 0.0732. The molecule has 1 aliphatic rings. The van der Waals surface area contributed by atoms with Gasteiger partial charge in [0.2, 0.25) is 0 Å². The van der Waals surface area contributed by atoms with Crippen molar-refractivity contribution in [2.45, 2.75) is 12.5 Å². The maximum atomic E-state index is 12.7. The molecular formula is C17H18N4O2. The Labute approximate surface area is 133 Å². The summed E-state index contributed by atoms with van der Waals surface area (Å²) in [6, 6.07) is 8.03. The molecule has 0 fully saturated rings. The summed E-state index contributed by atoms with van der Waals surface area (Å²) in [5.74, 6) is 0.884. The molecule has 6 heteroatoms. The summed E-state index contributed by atoms with van der Waals surface area (Å²) in [4.78, 5) is 14.4. The molecule has 0 saturated carbocycles. The lowest BCUT2D eigenvalue weighted by atomic mass is 10.1. The number of fused-ring (bicyclic) bond motifs is 2. The van der Waals surface area contributed by atoms with Crippen molar-refractivity contribution in [2.75, 3.05) is 13.6 Å². The molecule has 0 aliphatic carbocycles. The Bertz CT molecular complexity index is 855. The second kappa shape index (κ2) is 5.15. The number of imidazole rings is 1. The molecule has 0 spiro atoms. The second-order valence-electron chi connectivity index (χ2n) is 5.97. The number of aromatic nitrogens is 3. The molecule has 23 heavy (non-hydrogen) atoms. The topological polar surface area (TPSA) is 51.8 Å². The van der Waals surface area contributed by atoms with Gasteiger partial charge in [-0.2, -0.15) is 5.10 Å². The molecule has 6 nitrogen and oxygen atoms in total. The van der Waals surface area contributed by atoms with Gasteiger partial charge in [-0.3, -0.25) is 4.79 Å². The summed E-state index contributed by atoms with van der Waals surface area (Å²) in [6.45, 7) is 0.551. The molecule has 4 rings (SSSR count). The second-order valence-corrected chi connectivity index (χ2v) is 5.97. The largest absolute Gasteiger partial charge is 0.488 e. The molecule has 1 aromatic carbocycles. The van der Waals surface area contributed by atoms with Gasteiger partial charge in [0.15, 0.2) is 0 Å². The first kappa shape index (κ1) is 13.9. The number of nitrogens with zero attached hydrogens (tertiary/aromatic N) is 4. The zero-order valence-electron chi connectivity index (χ0n) is 13.1. The van der Waals surface area contributed by atoms with Crippen LogP contribution in [0, 0.1) is 0 Å². The minimum atomic E-state index is -0.0404. The number of benzene rings is 1. The minimum Gasteiger partial charge on any atom is -0.488 e. The quantitative estimate of drug-likeness (QED) is 0.740. The van der Waals surface area contributed by atoms with Crippen molar-refractivity contribution < 1.29 is 9.53 Å². The number of amides is 1. The van der Waals surface area contributed by atoms with E-state index in [0.29, 0.717) is 12.1 Å². The fourth-order valence-electron chi connectivity index (χ4n) is 3.15. The van der Waals surface area contributed by atoms with Crippen molar-refractivity contribution in [1.82, 2.24) is 19.1 Å². The first-order valence-corrected chi connectivity index (χ1v) is 7.62. The van der Waals surface area contributed by atoms with Gasteiger partial charge in [-0.1, -0.05) is 18.2 Å². The van der Waals surface area contributed by atoms with Crippen molar-refractivity contribution >= 4 is 11.6 Å². The summed E-state index contributed by atoms with van der Waals surface area (Å²) < 4.78 is 9.53. The van der Waals surface area contributed by atoms with Gasteiger partial charge in [0.1, 0.15) is 23.1 Å². The van der Waals surface area contributed by atoms with Crippen LogP contribution >= 0.6 is 0 Å². The Kier molecular flexibility index (Phi) is 3.11. The zero-order valence-corrected chi connectivity index (χ0v) is 13.1. The molecule has 0 unspecified atom stereocenters. The predicted octanol–water partition coefficient (Wildman–Crippen LogP) is 1.75. The molecule has 118 valence electrons. The first-order chi connectivity index (χ1) is 11.1. The molecule has 1 atom stereocenters. The van der Waals surface area contributed by atoms with Gasteiger partial charge < -0.3 is 14.2 Å². The van der Waals surface area contributed by atoms with E-state index < -0.39 is 0 Å². The normalized spacial score (nSPS) is 16.3. The lowest BCUT2D eigenvalue weighted by Crippen LogP contribution is -2.36. The molecular weight excluding hydrogens is 292 g/mol. The number of likely N-dealkylation sites (N-methyl/N-ethyl adjacent to an activating group) is 1. The zero-order chi connectivity index (χ0) is 16.0. The summed E-state index contributed by atoms with van der Waals surface area (Å²) >= 11 is 0. The van der Waals surface area contributed by atoms with Crippen LogP contribution in [0.15, 0.2) is 42.9 Å². The Morgan fingerprint density at radius 2 is 2.22 bits per heavy atom. The van der Waals surface area contributed by atoms with E-state index in [1.165, 1.54) is 5.56 Å². The van der Waals surface area contributed by atoms with Gasteiger partial charge in [-0.25, -0.2) is 4.52 Å². The Morgan fingerprint density at radius 1 is 1.39 bits per heavy atom. The molecule has 1 aliphatic heterocycles. The van der Waals surface area contributed by atoms with Gasteiger partial charge in [0.05, 0.1) is 12.7 Å². The lowest BCUT2D eigenvalue weighted by Gasteiger charge is -2.20. The van der Waals surface area contributed by atoms with Crippen molar-refractivity contribution in [1.29, 1.82) is 0 Å². The van der Waals surface area contributed by atoms with E-state index >= 15 is 0 Å². The van der Waals surface area contributed by atoms with Gasteiger partial charge in [0.25, 0.3) is 5.91 Å². The third-order valence-electron chi connectivity index (χ3n) is 4.30. The number of hydrogen-bond acceptors (Lipinski definition) is 3. The molecule has 1 amide bonds. The van der Waals surface area contributed by atoms with Crippen LogP contribution in [0.1, 0.15) is 15.9 Å². The fraction of sp³-hybridized carbons (Fsp3) is 0.294. The number of hydrogen-bond donors (Lipinski definition) is 0. The van der Waals surface area contributed by atoms with E-state index in [1.54, 1.807) is 22.7 Å². The van der Waals surface area contributed by atoms with Gasteiger partial charge in [-0.05, 0) is 11.6 Å². The maximum absolute atomic E-state index is 12.7. The summed E-state index contributed by atoms with van der Waals surface area (Å²) in [6.07, 6.45) is 6.18. The highest BCUT2D eigenvalue weighted by Gasteiger charge is 2.26. The van der Waals surface area contributed by atoms with E-state index in [2.05, 4.69) is 11.2 Å². The van der Waals surface area contributed by atoms with Crippen LogP contribution in [0.5, 0.6) is 5.75 Å². The minimum absolute atomic E-state index is 0.000766. The third kappa shape index (κ3) is 2.27. The van der Waals surface area contributed by atoms with E-state index in [9.17, 15) is 4.79 Å². The van der Waals surface area contributed by atoms with E-state index in [1.807, 2.05) is 42.2 Å². The van der Waals surface area contributed by atoms with Crippen LogP contribution < -0.4 is 4.74 Å². The molecule has 0 saturated heterocycles. The van der Waals surface area contributed by atoms with Crippen molar-refractivity contribution in [3.05, 3.63) is 54.0 Å². The van der Waals surface area contributed by atoms with Crippen LogP contribution in [-0.4, -0.2) is 44.7 Å². The standard InChI is InChI=1S/C17H18N4O2/c1-19-7-8-21-16(19)14(10-18-21)17(22)20(2)11-13-9-12-5-3-4-6-15(12)23-13/h3-8,10,13H,9,11H2,1-2H3/t13-/m1/s1. The van der Waals surface area contributed by atoms with Gasteiger partial charge in [0, 0.05) is 32.9 Å². The smallest absolute Gasteiger partial charge is 0.259 e. The molecule has 3 heterocycles. The predicted molar refractivity (Wildman–Crippen MR) is 85.7 cm³/mol. The van der Waals surface area contributed by atoms with Crippen LogP contribution in [0.3, 0.4) is 0 Å². The van der Waals surface area contributed by atoms with E-state index in [4.69, 9.17) is 4.74 Å². The van der Waals surface area contributed by atoms with Gasteiger partial charge >= 0.3 is 0 Å². The van der Waals surface area contributed by atoms with Crippen molar-refractivity contribution in [3.63, 3.8) is 0 Å². The average molecular weight is 310 g/mol. The maximum Gasteiger partial charge on any atom is 0.259 e. The van der Waals surface area contributed by atoms with Crippen molar-refractivity contribution in [2.24, 2.45) is 7.05 Å². The summed E-state index contributed by atoms with van der Waals surface area (Å²) in [7, 11) is 3.71. The molecule has 0 N–H and O–H groups in total. The monoisotopic (exact) mass is 310 g/mol. The third-order valence-corrected chi connectivity index (χ3v) is 4.30. The molecule has 2 aromatic heterocycles.